The van der Waals surface area contributed by atoms with Crippen LogP contribution in [0.4, 0.5) is 0 Å². The lowest BCUT2D eigenvalue weighted by Gasteiger charge is -2.07. The third-order valence-corrected chi connectivity index (χ3v) is 6.58. The number of benzene rings is 1. The molecule has 24 heavy (non-hydrogen) atoms. The first-order chi connectivity index (χ1) is 11.6. The molecule has 0 fully saturated rings. The molecule has 4 aromatic rings. The first kappa shape index (κ1) is 15.8. The fourth-order valence-electron chi connectivity index (χ4n) is 2.66. The predicted octanol–water partition coefficient (Wildman–Crippen LogP) is 4.99. The molecule has 0 spiro atoms. The van der Waals surface area contributed by atoms with E-state index in [1.54, 1.807) is 0 Å². The molecule has 0 aliphatic rings. The van der Waals surface area contributed by atoms with E-state index < -0.39 is 0 Å². The van der Waals surface area contributed by atoms with Crippen LogP contribution in [0.25, 0.3) is 16.6 Å². The first-order valence-corrected chi connectivity index (χ1v) is 9.93. The van der Waals surface area contributed by atoms with Crippen LogP contribution in [0.15, 0.2) is 51.4 Å². The van der Waals surface area contributed by atoms with Gasteiger partial charge in [-0.1, -0.05) is 30.0 Å². The number of aromatic nitrogens is 3. The lowest BCUT2D eigenvalue weighted by atomic mass is 10.1. The molecule has 0 saturated carbocycles. The summed E-state index contributed by atoms with van der Waals surface area (Å²) in [5.41, 5.74) is 3.03. The summed E-state index contributed by atoms with van der Waals surface area (Å²) >= 11 is 6.28. The van der Waals surface area contributed by atoms with Gasteiger partial charge >= 0.3 is 0 Å². The second-order valence-corrected chi connectivity index (χ2v) is 8.04. The number of hydrogen-bond acceptors (Lipinski definition) is 5. The average molecular weight is 418 g/mol. The van der Waals surface area contributed by atoms with Gasteiger partial charge in [0.25, 0.3) is 0 Å². The topological polar surface area (TPSA) is 47.3 Å². The zero-order valence-corrected chi connectivity index (χ0v) is 15.9. The number of hydrogen-bond donors (Lipinski definition) is 0. The van der Waals surface area contributed by atoms with Crippen LogP contribution in [-0.4, -0.2) is 26.1 Å². The van der Waals surface area contributed by atoms with Gasteiger partial charge in [0.2, 0.25) is 0 Å². The minimum atomic E-state index is 0.0926. The highest BCUT2D eigenvalue weighted by Gasteiger charge is 2.16. The maximum Gasteiger partial charge on any atom is 0.196 e. The number of para-hydroxylation sites is 1. The molecule has 0 N–H and O–H groups in total. The normalized spacial score (nSPS) is 11.4. The SMILES string of the molecule is Cc1cc2nnc(SCC(=O)c3sccc3Br)n2c2ccccc12. The maximum absolute atomic E-state index is 12.4. The van der Waals surface area contributed by atoms with Crippen molar-refractivity contribution in [3.8, 4) is 0 Å². The highest BCUT2D eigenvalue weighted by atomic mass is 79.9. The van der Waals surface area contributed by atoms with Gasteiger partial charge in [-0.2, -0.15) is 0 Å². The Morgan fingerprint density at radius 2 is 2.12 bits per heavy atom. The standard InChI is InChI=1S/C17H12BrN3OS2/c1-10-8-15-19-20-17(21(15)13-5-3-2-4-11(10)13)24-9-14(22)16-12(18)6-7-23-16/h2-8H,9H2,1H3. The molecule has 3 aromatic heterocycles. The van der Waals surface area contributed by atoms with Crippen molar-refractivity contribution < 1.29 is 4.79 Å². The summed E-state index contributed by atoms with van der Waals surface area (Å²) in [6.45, 7) is 2.07. The van der Waals surface area contributed by atoms with E-state index in [1.807, 2.05) is 34.0 Å². The molecule has 1 aromatic carbocycles. The number of nitrogens with zero attached hydrogens (tertiary/aromatic N) is 3. The lowest BCUT2D eigenvalue weighted by Crippen LogP contribution is -2.02. The molecule has 0 bridgehead atoms. The lowest BCUT2D eigenvalue weighted by molar-refractivity contribution is 0.102. The van der Waals surface area contributed by atoms with Gasteiger partial charge in [-0.05, 0) is 52.0 Å². The van der Waals surface area contributed by atoms with Crippen molar-refractivity contribution in [1.82, 2.24) is 14.6 Å². The molecule has 4 nitrogen and oxygen atoms in total. The van der Waals surface area contributed by atoms with Gasteiger partial charge < -0.3 is 0 Å². The van der Waals surface area contributed by atoms with E-state index in [2.05, 4.69) is 45.2 Å². The minimum absolute atomic E-state index is 0.0926. The number of carbonyl (C=O) groups excluding carboxylic acids is 1. The number of thioether (sulfide) groups is 1. The molecule has 0 aliphatic carbocycles. The highest BCUT2D eigenvalue weighted by molar-refractivity contribution is 9.10. The van der Waals surface area contributed by atoms with E-state index in [-0.39, 0.29) is 5.78 Å². The second-order valence-electron chi connectivity index (χ2n) is 5.33. The molecule has 4 rings (SSSR count). The number of pyridine rings is 1. The van der Waals surface area contributed by atoms with Crippen LogP contribution in [-0.2, 0) is 0 Å². The van der Waals surface area contributed by atoms with Crippen LogP contribution < -0.4 is 0 Å². The van der Waals surface area contributed by atoms with Crippen LogP contribution in [0.5, 0.6) is 0 Å². The summed E-state index contributed by atoms with van der Waals surface area (Å²) in [6, 6.07) is 12.1. The largest absolute Gasteiger partial charge is 0.292 e. The number of ketones is 1. The van der Waals surface area contributed by atoms with Crippen molar-refractivity contribution in [3.63, 3.8) is 0 Å². The Bertz CT molecular complexity index is 1070. The Morgan fingerprint density at radius 3 is 2.92 bits per heavy atom. The molecule has 0 atom stereocenters. The van der Waals surface area contributed by atoms with Crippen molar-refractivity contribution >= 4 is 61.4 Å². The number of thiophene rings is 1. The zero-order chi connectivity index (χ0) is 16.7. The van der Waals surface area contributed by atoms with Crippen molar-refractivity contribution in [2.75, 3.05) is 5.75 Å². The van der Waals surface area contributed by atoms with Crippen molar-refractivity contribution in [2.45, 2.75) is 12.1 Å². The van der Waals surface area contributed by atoms with E-state index in [9.17, 15) is 4.79 Å². The highest BCUT2D eigenvalue weighted by Crippen LogP contribution is 2.28. The molecular weight excluding hydrogens is 406 g/mol. The summed E-state index contributed by atoms with van der Waals surface area (Å²) in [5, 5.41) is 12.4. The summed E-state index contributed by atoms with van der Waals surface area (Å²) in [4.78, 5) is 13.1. The van der Waals surface area contributed by atoms with Crippen LogP contribution in [0.2, 0.25) is 0 Å². The second kappa shape index (κ2) is 6.31. The van der Waals surface area contributed by atoms with E-state index in [0.29, 0.717) is 5.75 Å². The number of carbonyl (C=O) groups is 1. The molecule has 0 saturated heterocycles. The maximum atomic E-state index is 12.4. The van der Waals surface area contributed by atoms with Crippen molar-refractivity contribution in [1.29, 1.82) is 0 Å². The molecule has 120 valence electrons. The Hall–Kier alpha value is -1.70. The molecular formula is C17H12BrN3OS2. The fourth-order valence-corrected chi connectivity index (χ4v) is 5.11. The average Bonchev–Trinajstić information content (AvgIpc) is 3.19. The number of halogens is 1. The number of Topliss-reactive ketones (excluding diaryl/α,β-unsaturated/α-hetero) is 1. The Morgan fingerprint density at radius 1 is 1.29 bits per heavy atom. The minimum Gasteiger partial charge on any atom is -0.292 e. The van der Waals surface area contributed by atoms with Crippen LogP contribution >= 0.6 is 39.0 Å². The third kappa shape index (κ3) is 2.66. The number of fused-ring (bicyclic) bond motifs is 3. The summed E-state index contributed by atoms with van der Waals surface area (Å²) in [7, 11) is 0. The smallest absolute Gasteiger partial charge is 0.196 e. The van der Waals surface area contributed by atoms with Crippen LogP contribution in [0, 0.1) is 6.92 Å². The van der Waals surface area contributed by atoms with Gasteiger partial charge in [0.1, 0.15) is 0 Å². The molecule has 0 amide bonds. The quantitative estimate of drug-likeness (QED) is 0.346. The van der Waals surface area contributed by atoms with E-state index in [4.69, 9.17) is 0 Å². The molecule has 0 unspecified atom stereocenters. The van der Waals surface area contributed by atoms with Crippen molar-refractivity contribution in [2.24, 2.45) is 0 Å². The number of rotatable bonds is 4. The van der Waals surface area contributed by atoms with E-state index in [0.717, 1.165) is 25.7 Å². The van der Waals surface area contributed by atoms with Gasteiger partial charge in [-0.25, -0.2) is 0 Å². The molecule has 7 heteroatoms. The van der Waals surface area contributed by atoms with Gasteiger partial charge in [-0.3, -0.25) is 9.20 Å². The Labute approximate surface area is 155 Å². The molecule has 3 heterocycles. The van der Waals surface area contributed by atoms with Gasteiger partial charge in [0.05, 0.1) is 16.1 Å². The Kier molecular flexibility index (Phi) is 4.15. The first-order valence-electron chi connectivity index (χ1n) is 7.27. The van der Waals surface area contributed by atoms with Gasteiger partial charge in [0.15, 0.2) is 16.6 Å². The molecule has 0 radical (unpaired) electrons. The fraction of sp³-hybridized carbons (Fsp3) is 0.118. The predicted molar refractivity (Wildman–Crippen MR) is 102 cm³/mol. The van der Waals surface area contributed by atoms with E-state index >= 15 is 0 Å². The summed E-state index contributed by atoms with van der Waals surface area (Å²) in [6.07, 6.45) is 0. The summed E-state index contributed by atoms with van der Waals surface area (Å²) in [5.74, 6) is 0.428. The Balaban J connectivity index is 1.71. The summed E-state index contributed by atoms with van der Waals surface area (Å²) < 4.78 is 2.87. The van der Waals surface area contributed by atoms with Gasteiger partial charge in [-0.15, -0.1) is 21.5 Å². The third-order valence-electron chi connectivity index (χ3n) is 3.78. The van der Waals surface area contributed by atoms with Gasteiger partial charge in [0, 0.05) is 9.86 Å². The van der Waals surface area contributed by atoms with Crippen molar-refractivity contribution in [3.05, 3.63) is 56.7 Å². The van der Waals surface area contributed by atoms with E-state index in [1.165, 1.54) is 34.0 Å². The molecule has 0 aliphatic heterocycles. The van der Waals surface area contributed by atoms with Crippen LogP contribution in [0.3, 0.4) is 0 Å². The van der Waals surface area contributed by atoms with Crippen LogP contribution in [0.1, 0.15) is 15.2 Å². The number of aryl methyl sites for hydroxylation is 1. The zero-order valence-electron chi connectivity index (χ0n) is 12.7. The monoisotopic (exact) mass is 417 g/mol.